The van der Waals surface area contributed by atoms with Gasteiger partial charge < -0.3 is 14.2 Å². The molecule has 0 amide bonds. The average Bonchev–Trinajstić information content (AvgIpc) is 2.98. The highest BCUT2D eigenvalue weighted by atomic mass is 35.5. The summed E-state index contributed by atoms with van der Waals surface area (Å²) in [4.78, 5) is 11.6. The standard InChI is InChI=1S/C18H21ClN2O4/c1-12(2)13-5-7-15(8-6-13)21-9-16(19)17(20-21)25-11-14(10-23-3)18(22)24-4/h5-10,12H,11H2,1-4H3. The van der Waals surface area contributed by atoms with Crippen molar-refractivity contribution >= 4 is 17.6 Å². The van der Waals surface area contributed by atoms with Crippen molar-refractivity contribution in [2.45, 2.75) is 19.8 Å². The maximum absolute atomic E-state index is 11.6. The summed E-state index contributed by atoms with van der Waals surface area (Å²) < 4.78 is 16.7. The normalized spacial score (nSPS) is 11.5. The number of esters is 1. The van der Waals surface area contributed by atoms with Gasteiger partial charge in [-0.3, -0.25) is 0 Å². The summed E-state index contributed by atoms with van der Waals surface area (Å²) in [7, 11) is 2.72. The van der Waals surface area contributed by atoms with E-state index in [1.165, 1.54) is 26.0 Å². The molecule has 0 fully saturated rings. The van der Waals surface area contributed by atoms with Crippen LogP contribution in [-0.2, 0) is 14.3 Å². The van der Waals surface area contributed by atoms with Crippen LogP contribution in [0.1, 0.15) is 25.3 Å². The molecular formula is C18H21ClN2O4. The molecule has 1 heterocycles. The second kappa shape index (κ2) is 8.58. The van der Waals surface area contributed by atoms with Crippen molar-refractivity contribution in [2.75, 3.05) is 20.8 Å². The molecule has 0 atom stereocenters. The van der Waals surface area contributed by atoms with Gasteiger partial charge in [-0.1, -0.05) is 37.6 Å². The molecule has 0 aliphatic heterocycles. The van der Waals surface area contributed by atoms with Crippen LogP contribution in [0.15, 0.2) is 42.3 Å². The third-order valence-electron chi connectivity index (χ3n) is 3.53. The molecule has 0 saturated carbocycles. The molecule has 0 N–H and O–H groups in total. The van der Waals surface area contributed by atoms with Crippen LogP contribution in [0.4, 0.5) is 0 Å². The molecule has 0 radical (unpaired) electrons. The molecule has 2 rings (SSSR count). The lowest BCUT2D eigenvalue weighted by Crippen LogP contribution is -2.13. The molecule has 0 aliphatic rings. The summed E-state index contributed by atoms with van der Waals surface area (Å²) in [5, 5.41) is 4.66. The largest absolute Gasteiger partial charge is 0.504 e. The van der Waals surface area contributed by atoms with Crippen LogP contribution >= 0.6 is 11.6 Å². The molecule has 0 unspecified atom stereocenters. The van der Waals surface area contributed by atoms with E-state index in [9.17, 15) is 4.79 Å². The number of benzene rings is 1. The molecule has 25 heavy (non-hydrogen) atoms. The van der Waals surface area contributed by atoms with Gasteiger partial charge in [0.2, 0.25) is 0 Å². The van der Waals surface area contributed by atoms with Gasteiger partial charge in [-0.05, 0) is 23.6 Å². The Balaban J connectivity index is 2.14. The Kier molecular flexibility index (Phi) is 6.47. The Hall–Kier alpha value is -2.47. The first-order valence-corrected chi connectivity index (χ1v) is 8.12. The average molecular weight is 365 g/mol. The number of nitrogens with zero attached hydrogens (tertiary/aromatic N) is 2. The lowest BCUT2D eigenvalue weighted by Gasteiger charge is -2.07. The molecule has 134 valence electrons. The van der Waals surface area contributed by atoms with Crippen LogP contribution in [0, 0.1) is 0 Å². The van der Waals surface area contributed by atoms with E-state index in [2.05, 4.69) is 23.7 Å². The zero-order valence-electron chi connectivity index (χ0n) is 14.7. The minimum atomic E-state index is -0.540. The van der Waals surface area contributed by atoms with Crippen LogP contribution < -0.4 is 4.74 Å². The van der Waals surface area contributed by atoms with Gasteiger partial charge in [-0.25, -0.2) is 9.48 Å². The van der Waals surface area contributed by atoms with E-state index >= 15 is 0 Å². The number of methoxy groups -OCH3 is 2. The smallest absolute Gasteiger partial charge is 0.340 e. The van der Waals surface area contributed by atoms with E-state index < -0.39 is 5.97 Å². The summed E-state index contributed by atoms with van der Waals surface area (Å²) in [5.41, 5.74) is 2.32. The fraction of sp³-hybridized carbons (Fsp3) is 0.333. The predicted octanol–water partition coefficient (Wildman–Crippen LogP) is 3.73. The second-order valence-electron chi connectivity index (χ2n) is 5.63. The zero-order chi connectivity index (χ0) is 18.4. The van der Waals surface area contributed by atoms with Crippen LogP contribution in [-0.4, -0.2) is 36.6 Å². The Morgan fingerprint density at radius 3 is 2.52 bits per heavy atom. The molecule has 0 saturated heterocycles. The summed E-state index contributed by atoms with van der Waals surface area (Å²) in [6.45, 7) is 4.21. The van der Waals surface area contributed by atoms with Gasteiger partial charge in [0.25, 0.3) is 5.88 Å². The number of hydrogen-bond acceptors (Lipinski definition) is 5. The predicted molar refractivity (Wildman–Crippen MR) is 95.3 cm³/mol. The van der Waals surface area contributed by atoms with Crippen molar-refractivity contribution in [1.82, 2.24) is 9.78 Å². The summed E-state index contributed by atoms with van der Waals surface area (Å²) in [6, 6.07) is 8.03. The van der Waals surface area contributed by atoms with E-state index in [0.717, 1.165) is 5.69 Å². The minimum Gasteiger partial charge on any atom is -0.504 e. The fourth-order valence-electron chi connectivity index (χ4n) is 2.14. The number of carbonyl (C=O) groups excluding carboxylic acids is 1. The van der Waals surface area contributed by atoms with Gasteiger partial charge in [0, 0.05) is 0 Å². The monoisotopic (exact) mass is 364 g/mol. The Bertz CT molecular complexity index is 751. The maximum atomic E-state index is 11.6. The van der Waals surface area contributed by atoms with Gasteiger partial charge in [0.05, 0.1) is 32.4 Å². The molecule has 0 spiro atoms. The first-order chi connectivity index (χ1) is 12.0. The molecule has 0 bridgehead atoms. The third kappa shape index (κ3) is 4.76. The Labute approximate surface area is 151 Å². The number of hydrogen-bond donors (Lipinski definition) is 0. The number of rotatable bonds is 7. The van der Waals surface area contributed by atoms with Gasteiger partial charge >= 0.3 is 5.97 Å². The Morgan fingerprint density at radius 1 is 1.28 bits per heavy atom. The van der Waals surface area contributed by atoms with Crippen LogP contribution in [0.25, 0.3) is 5.69 Å². The lowest BCUT2D eigenvalue weighted by atomic mass is 10.0. The van der Waals surface area contributed by atoms with Crippen molar-refractivity contribution in [1.29, 1.82) is 0 Å². The van der Waals surface area contributed by atoms with Crippen molar-refractivity contribution in [3.8, 4) is 11.6 Å². The fourth-order valence-corrected chi connectivity index (χ4v) is 2.32. The van der Waals surface area contributed by atoms with Crippen LogP contribution in [0.5, 0.6) is 5.88 Å². The van der Waals surface area contributed by atoms with E-state index in [1.54, 1.807) is 10.9 Å². The van der Waals surface area contributed by atoms with E-state index in [0.29, 0.717) is 10.9 Å². The second-order valence-corrected chi connectivity index (χ2v) is 6.04. The maximum Gasteiger partial charge on any atom is 0.340 e. The molecule has 6 nitrogen and oxygen atoms in total. The molecule has 0 aliphatic carbocycles. The van der Waals surface area contributed by atoms with Crippen LogP contribution in [0.2, 0.25) is 5.02 Å². The highest BCUT2D eigenvalue weighted by Crippen LogP contribution is 2.25. The summed E-state index contributed by atoms with van der Waals surface area (Å²) in [6.07, 6.45) is 2.92. The highest BCUT2D eigenvalue weighted by Gasteiger charge is 2.15. The van der Waals surface area contributed by atoms with E-state index in [4.69, 9.17) is 21.1 Å². The van der Waals surface area contributed by atoms with E-state index in [-0.39, 0.29) is 18.1 Å². The summed E-state index contributed by atoms with van der Waals surface area (Å²) >= 11 is 6.18. The van der Waals surface area contributed by atoms with E-state index in [1.807, 2.05) is 24.3 Å². The molecule has 7 heteroatoms. The molecule has 1 aromatic carbocycles. The highest BCUT2D eigenvalue weighted by molar-refractivity contribution is 6.31. The van der Waals surface area contributed by atoms with Crippen molar-refractivity contribution in [3.63, 3.8) is 0 Å². The van der Waals surface area contributed by atoms with Gasteiger partial charge in [0.1, 0.15) is 17.2 Å². The minimum absolute atomic E-state index is 0.0659. The topological polar surface area (TPSA) is 62.6 Å². The number of carbonyl (C=O) groups is 1. The van der Waals surface area contributed by atoms with Crippen molar-refractivity contribution in [3.05, 3.63) is 52.9 Å². The number of aromatic nitrogens is 2. The Morgan fingerprint density at radius 2 is 1.96 bits per heavy atom. The molecular weight excluding hydrogens is 344 g/mol. The molecule has 1 aromatic heterocycles. The first kappa shape index (κ1) is 18.9. The van der Waals surface area contributed by atoms with Crippen molar-refractivity contribution in [2.24, 2.45) is 0 Å². The number of ether oxygens (including phenoxy) is 3. The molecule has 2 aromatic rings. The van der Waals surface area contributed by atoms with Gasteiger partial charge in [0.15, 0.2) is 0 Å². The number of halogens is 1. The first-order valence-electron chi connectivity index (χ1n) is 7.74. The quantitative estimate of drug-likeness (QED) is 0.425. The SMILES string of the molecule is COC=C(COc1nn(-c2ccc(C(C)C)cc2)cc1Cl)C(=O)OC. The zero-order valence-corrected chi connectivity index (χ0v) is 15.4. The van der Waals surface area contributed by atoms with Crippen LogP contribution in [0.3, 0.4) is 0 Å². The van der Waals surface area contributed by atoms with Gasteiger partial charge in [-0.2, -0.15) is 0 Å². The van der Waals surface area contributed by atoms with Gasteiger partial charge in [-0.15, -0.1) is 5.10 Å². The lowest BCUT2D eigenvalue weighted by molar-refractivity contribution is -0.136. The summed E-state index contributed by atoms with van der Waals surface area (Å²) in [5.74, 6) is 0.139. The third-order valence-corrected chi connectivity index (χ3v) is 3.79. The van der Waals surface area contributed by atoms with Crippen molar-refractivity contribution < 1.29 is 19.0 Å².